The molecule has 6 heteroatoms. The van der Waals surface area contributed by atoms with Crippen molar-refractivity contribution in [1.82, 2.24) is 9.97 Å². The normalized spacial score (nSPS) is 14.5. The van der Waals surface area contributed by atoms with Gasteiger partial charge in [0, 0.05) is 12.6 Å². The first-order valence-electron chi connectivity index (χ1n) is 5.11. The van der Waals surface area contributed by atoms with E-state index < -0.39 is 0 Å². The molecule has 0 spiro atoms. The number of hydrogen-bond donors (Lipinski definition) is 1. The van der Waals surface area contributed by atoms with Crippen molar-refractivity contribution in [3.63, 3.8) is 0 Å². The Bertz CT molecular complexity index is 474. The Kier molecular flexibility index (Phi) is 3.11. The number of aromatic nitrogens is 2. The molecule has 0 aromatic carbocycles. The van der Waals surface area contributed by atoms with Crippen molar-refractivity contribution >= 4 is 17.4 Å². The van der Waals surface area contributed by atoms with Crippen molar-refractivity contribution in [2.75, 3.05) is 11.4 Å². The number of H-pyrrole nitrogens is 1. The highest BCUT2D eigenvalue weighted by atomic mass is 35.5. The predicted molar refractivity (Wildman–Crippen MR) is 60.5 cm³/mol. The highest BCUT2D eigenvalue weighted by Crippen LogP contribution is 2.32. The molecule has 1 saturated carbocycles. The van der Waals surface area contributed by atoms with Crippen LogP contribution in [0.2, 0.25) is 5.02 Å². The third-order valence-electron chi connectivity index (χ3n) is 2.50. The Morgan fingerprint density at radius 2 is 2.44 bits per heavy atom. The van der Waals surface area contributed by atoms with Gasteiger partial charge >= 0.3 is 0 Å². The van der Waals surface area contributed by atoms with E-state index in [0.29, 0.717) is 24.8 Å². The number of nitrogens with zero attached hydrogens (tertiary/aromatic N) is 3. The number of aromatic amines is 1. The van der Waals surface area contributed by atoms with Gasteiger partial charge in [0.2, 0.25) is 0 Å². The summed E-state index contributed by atoms with van der Waals surface area (Å²) in [4.78, 5) is 19.8. The quantitative estimate of drug-likeness (QED) is 0.858. The van der Waals surface area contributed by atoms with Gasteiger partial charge in [-0.2, -0.15) is 5.26 Å². The van der Waals surface area contributed by atoms with Crippen molar-refractivity contribution in [2.24, 2.45) is 0 Å². The topological polar surface area (TPSA) is 72.8 Å². The van der Waals surface area contributed by atoms with Gasteiger partial charge in [-0.15, -0.1) is 0 Å². The molecule has 1 fully saturated rings. The summed E-state index contributed by atoms with van der Waals surface area (Å²) in [7, 11) is 0. The summed E-state index contributed by atoms with van der Waals surface area (Å²) in [6.07, 6.45) is 3.87. The molecule has 1 N–H and O–H groups in total. The highest BCUT2D eigenvalue weighted by Gasteiger charge is 2.31. The van der Waals surface area contributed by atoms with E-state index in [0.717, 1.165) is 12.8 Å². The fraction of sp³-hybridized carbons (Fsp3) is 0.500. The molecule has 0 atom stereocenters. The molecular formula is C10H11ClN4O. The van der Waals surface area contributed by atoms with E-state index in [1.54, 1.807) is 0 Å². The second-order valence-corrected chi connectivity index (χ2v) is 4.08. The van der Waals surface area contributed by atoms with Crippen LogP contribution in [-0.4, -0.2) is 22.6 Å². The van der Waals surface area contributed by atoms with Crippen LogP contribution in [0.5, 0.6) is 0 Å². The van der Waals surface area contributed by atoms with Crippen molar-refractivity contribution in [3.05, 3.63) is 21.7 Å². The molecule has 16 heavy (non-hydrogen) atoms. The minimum Gasteiger partial charge on any atom is -0.351 e. The summed E-state index contributed by atoms with van der Waals surface area (Å²) in [6.45, 7) is 0.567. The van der Waals surface area contributed by atoms with Crippen LogP contribution in [0.4, 0.5) is 5.82 Å². The Hall–Kier alpha value is -1.54. The third-order valence-corrected chi connectivity index (χ3v) is 2.84. The molecule has 2 rings (SSSR count). The second-order valence-electron chi connectivity index (χ2n) is 3.70. The molecule has 0 bridgehead atoms. The number of halogens is 1. The summed E-state index contributed by atoms with van der Waals surface area (Å²) < 4.78 is 0. The van der Waals surface area contributed by atoms with Crippen LogP contribution in [0.1, 0.15) is 19.3 Å². The zero-order valence-electron chi connectivity index (χ0n) is 8.61. The maximum atomic E-state index is 11.3. The Morgan fingerprint density at radius 1 is 1.69 bits per heavy atom. The van der Waals surface area contributed by atoms with Gasteiger partial charge < -0.3 is 9.88 Å². The molecule has 0 amide bonds. The third kappa shape index (κ3) is 2.17. The largest absolute Gasteiger partial charge is 0.351 e. The molecule has 1 heterocycles. The average Bonchev–Trinajstić information content (AvgIpc) is 3.08. The van der Waals surface area contributed by atoms with E-state index in [-0.39, 0.29) is 10.6 Å². The van der Waals surface area contributed by atoms with Crippen LogP contribution in [0.25, 0.3) is 0 Å². The lowest BCUT2D eigenvalue weighted by Crippen LogP contribution is -2.29. The summed E-state index contributed by atoms with van der Waals surface area (Å²) in [5.41, 5.74) is -0.339. The average molecular weight is 239 g/mol. The first kappa shape index (κ1) is 11.0. The van der Waals surface area contributed by atoms with Gasteiger partial charge in [-0.1, -0.05) is 11.6 Å². The molecule has 1 aliphatic carbocycles. The molecule has 0 unspecified atom stereocenters. The zero-order chi connectivity index (χ0) is 11.5. The molecule has 1 aliphatic rings. The van der Waals surface area contributed by atoms with Crippen LogP contribution in [0, 0.1) is 11.3 Å². The first-order valence-corrected chi connectivity index (χ1v) is 5.48. The molecular weight excluding hydrogens is 228 g/mol. The van der Waals surface area contributed by atoms with Gasteiger partial charge in [-0.3, -0.25) is 4.79 Å². The minimum absolute atomic E-state index is 0.104. The highest BCUT2D eigenvalue weighted by molar-refractivity contribution is 6.32. The van der Waals surface area contributed by atoms with E-state index in [9.17, 15) is 4.79 Å². The fourth-order valence-electron chi connectivity index (χ4n) is 1.59. The van der Waals surface area contributed by atoms with E-state index >= 15 is 0 Å². The number of anilines is 1. The van der Waals surface area contributed by atoms with Gasteiger partial charge in [0.15, 0.2) is 5.82 Å². The number of nitriles is 1. The SMILES string of the molecule is N#CCCN(c1nc[nH]c(=O)c1Cl)C1CC1. The summed E-state index contributed by atoms with van der Waals surface area (Å²) in [6, 6.07) is 2.46. The smallest absolute Gasteiger partial charge is 0.271 e. The monoisotopic (exact) mass is 238 g/mol. The van der Waals surface area contributed by atoms with Crippen LogP contribution in [-0.2, 0) is 0 Å². The van der Waals surface area contributed by atoms with Crippen LogP contribution >= 0.6 is 11.6 Å². The Labute approximate surface area is 97.7 Å². The second kappa shape index (κ2) is 4.54. The molecule has 0 saturated heterocycles. The van der Waals surface area contributed by atoms with Crippen LogP contribution in [0.3, 0.4) is 0 Å². The Morgan fingerprint density at radius 3 is 3.06 bits per heavy atom. The Balaban J connectivity index is 2.28. The lowest BCUT2D eigenvalue weighted by atomic mass is 10.3. The fourth-order valence-corrected chi connectivity index (χ4v) is 1.80. The molecule has 84 valence electrons. The summed E-state index contributed by atoms with van der Waals surface area (Å²) >= 11 is 5.91. The van der Waals surface area contributed by atoms with Crippen molar-refractivity contribution in [1.29, 1.82) is 5.26 Å². The van der Waals surface area contributed by atoms with E-state index in [4.69, 9.17) is 16.9 Å². The maximum Gasteiger partial charge on any atom is 0.271 e. The standard InChI is InChI=1S/C10H11ClN4O/c11-8-9(13-6-14-10(8)16)15(5-1-4-12)7-2-3-7/h6-7H,1-3,5H2,(H,13,14,16). The minimum atomic E-state index is -0.339. The number of rotatable bonds is 4. The molecule has 1 aromatic rings. The van der Waals surface area contributed by atoms with Gasteiger partial charge in [0.25, 0.3) is 5.56 Å². The molecule has 1 aromatic heterocycles. The summed E-state index contributed by atoms with van der Waals surface area (Å²) in [5.74, 6) is 0.489. The molecule has 5 nitrogen and oxygen atoms in total. The number of nitrogens with one attached hydrogen (secondary N) is 1. The van der Waals surface area contributed by atoms with Gasteiger partial charge in [0.1, 0.15) is 5.02 Å². The molecule has 0 radical (unpaired) electrons. The molecule has 0 aliphatic heterocycles. The maximum absolute atomic E-state index is 11.3. The van der Waals surface area contributed by atoms with Crippen molar-refractivity contribution in [2.45, 2.75) is 25.3 Å². The zero-order valence-corrected chi connectivity index (χ0v) is 9.37. The summed E-state index contributed by atoms with van der Waals surface area (Å²) in [5, 5.41) is 8.69. The lowest BCUT2D eigenvalue weighted by Gasteiger charge is -2.22. The van der Waals surface area contributed by atoms with Crippen molar-refractivity contribution < 1.29 is 0 Å². The van der Waals surface area contributed by atoms with E-state index in [1.165, 1.54) is 6.33 Å². The van der Waals surface area contributed by atoms with Gasteiger partial charge in [0.05, 0.1) is 18.8 Å². The van der Waals surface area contributed by atoms with E-state index in [1.807, 2.05) is 4.90 Å². The number of hydrogen-bond acceptors (Lipinski definition) is 4. The lowest BCUT2D eigenvalue weighted by molar-refractivity contribution is 0.774. The predicted octanol–water partition coefficient (Wildman–Crippen LogP) is 1.31. The first-order chi connectivity index (χ1) is 7.74. The van der Waals surface area contributed by atoms with Crippen LogP contribution in [0.15, 0.2) is 11.1 Å². The van der Waals surface area contributed by atoms with Gasteiger partial charge in [-0.25, -0.2) is 4.98 Å². The van der Waals surface area contributed by atoms with Crippen molar-refractivity contribution in [3.8, 4) is 6.07 Å². The van der Waals surface area contributed by atoms with E-state index in [2.05, 4.69) is 16.0 Å². The van der Waals surface area contributed by atoms with Gasteiger partial charge in [-0.05, 0) is 12.8 Å². The van der Waals surface area contributed by atoms with Crippen LogP contribution < -0.4 is 10.5 Å².